The van der Waals surface area contributed by atoms with Crippen molar-refractivity contribution >= 4 is 11.9 Å². The minimum Gasteiger partial charge on any atom is -0.497 e. The SMILES string of the molecule is COc1ccc(CN2COc3c(cc4c(c3C)O/C(=C\C=C\c3ccccc3)C4=O)C2)cc1. The molecule has 5 rings (SSSR count). The first kappa shape index (κ1) is 21.0. The third-order valence-electron chi connectivity index (χ3n) is 5.90. The fourth-order valence-corrected chi connectivity index (χ4v) is 4.21. The van der Waals surface area contributed by atoms with Gasteiger partial charge in [-0.1, -0.05) is 54.6 Å². The second-order valence-corrected chi connectivity index (χ2v) is 8.21. The molecule has 5 nitrogen and oxygen atoms in total. The normalized spacial score (nSPS) is 16.4. The maximum absolute atomic E-state index is 13.0. The minimum atomic E-state index is -0.0964. The molecule has 0 aromatic heterocycles. The van der Waals surface area contributed by atoms with Crippen LogP contribution in [-0.4, -0.2) is 24.5 Å². The Bertz CT molecular complexity index is 1240. The van der Waals surface area contributed by atoms with E-state index in [1.165, 1.54) is 5.56 Å². The fourth-order valence-electron chi connectivity index (χ4n) is 4.21. The van der Waals surface area contributed by atoms with Gasteiger partial charge in [-0.15, -0.1) is 0 Å². The van der Waals surface area contributed by atoms with Crippen LogP contribution in [0.1, 0.15) is 32.6 Å². The molecular formula is C28H25NO4. The first-order valence-corrected chi connectivity index (χ1v) is 10.9. The van der Waals surface area contributed by atoms with Crippen LogP contribution < -0.4 is 14.2 Å². The molecule has 0 N–H and O–H groups in total. The molecule has 0 unspecified atom stereocenters. The third kappa shape index (κ3) is 4.28. The van der Waals surface area contributed by atoms with Gasteiger partial charge in [0.2, 0.25) is 5.78 Å². The van der Waals surface area contributed by atoms with Crippen LogP contribution in [0.3, 0.4) is 0 Å². The van der Waals surface area contributed by atoms with E-state index in [0.29, 0.717) is 30.3 Å². The van der Waals surface area contributed by atoms with E-state index < -0.39 is 0 Å². The Kier molecular flexibility index (Phi) is 5.71. The van der Waals surface area contributed by atoms with E-state index in [9.17, 15) is 4.79 Å². The molecule has 5 heteroatoms. The van der Waals surface area contributed by atoms with Gasteiger partial charge in [0.15, 0.2) is 5.76 Å². The second kappa shape index (κ2) is 8.96. The average molecular weight is 440 g/mol. The Balaban J connectivity index is 1.34. The van der Waals surface area contributed by atoms with E-state index in [4.69, 9.17) is 14.2 Å². The summed E-state index contributed by atoms with van der Waals surface area (Å²) in [6.07, 6.45) is 5.52. The van der Waals surface area contributed by atoms with Crippen LogP contribution in [0.25, 0.3) is 6.08 Å². The number of carbonyl (C=O) groups excluding carboxylic acids is 1. The summed E-state index contributed by atoms with van der Waals surface area (Å²) in [6.45, 7) is 3.89. The van der Waals surface area contributed by atoms with Crippen molar-refractivity contribution in [1.82, 2.24) is 4.90 Å². The largest absolute Gasteiger partial charge is 0.497 e. The number of carbonyl (C=O) groups is 1. The molecule has 3 aromatic rings. The number of benzene rings is 3. The predicted molar refractivity (Wildman–Crippen MR) is 127 cm³/mol. The lowest BCUT2D eigenvalue weighted by molar-refractivity contribution is 0.0876. The average Bonchev–Trinajstić information content (AvgIpc) is 3.16. The van der Waals surface area contributed by atoms with Crippen molar-refractivity contribution in [3.8, 4) is 17.2 Å². The molecule has 0 aliphatic carbocycles. The van der Waals surface area contributed by atoms with Gasteiger partial charge < -0.3 is 14.2 Å². The van der Waals surface area contributed by atoms with Gasteiger partial charge in [-0.2, -0.15) is 0 Å². The molecule has 0 saturated carbocycles. The number of rotatable bonds is 5. The van der Waals surface area contributed by atoms with Gasteiger partial charge >= 0.3 is 0 Å². The van der Waals surface area contributed by atoms with Crippen molar-refractivity contribution in [2.75, 3.05) is 13.8 Å². The number of hydrogen-bond donors (Lipinski definition) is 0. The van der Waals surface area contributed by atoms with Gasteiger partial charge in [0.05, 0.1) is 12.7 Å². The smallest absolute Gasteiger partial charge is 0.231 e. The van der Waals surface area contributed by atoms with Crippen LogP contribution in [0.15, 0.2) is 78.6 Å². The Hall–Kier alpha value is -3.83. The van der Waals surface area contributed by atoms with Crippen molar-refractivity contribution in [1.29, 1.82) is 0 Å². The van der Waals surface area contributed by atoms with E-state index in [2.05, 4.69) is 17.0 Å². The third-order valence-corrected chi connectivity index (χ3v) is 5.90. The molecule has 0 radical (unpaired) electrons. The highest BCUT2D eigenvalue weighted by Gasteiger charge is 2.33. The lowest BCUT2D eigenvalue weighted by Crippen LogP contribution is -2.32. The molecule has 0 atom stereocenters. The highest BCUT2D eigenvalue weighted by molar-refractivity contribution is 6.13. The highest BCUT2D eigenvalue weighted by atomic mass is 16.5. The zero-order chi connectivity index (χ0) is 22.8. The van der Waals surface area contributed by atoms with Crippen LogP contribution in [-0.2, 0) is 13.1 Å². The number of ether oxygens (including phenoxy) is 3. The van der Waals surface area contributed by atoms with Crippen LogP contribution in [0.2, 0.25) is 0 Å². The Morgan fingerprint density at radius 3 is 2.61 bits per heavy atom. The summed E-state index contributed by atoms with van der Waals surface area (Å²) < 4.78 is 17.3. The summed E-state index contributed by atoms with van der Waals surface area (Å²) in [5.74, 6) is 2.49. The van der Waals surface area contributed by atoms with Crippen molar-refractivity contribution in [3.63, 3.8) is 0 Å². The maximum atomic E-state index is 13.0. The first-order chi connectivity index (χ1) is 16.1. The molecule has 0 saturated heterocycles. The Morgan fingerprint density at radius 1 is 1.06 bits per heavy atom. The fraction of sp³-hybridized carbons (Fsp3) is 0.179. The predicted octanol–water partition coefficient (Wildman–Crippen LogP) is 5.53. The van der Waals surface area contributed by atoms with Gasteiger partial charge in [0.1, 0.15) is 24.0 Å². The van der Waals surface area contributed by atoms with E-state index in [-0.39, 0.29) is 5.78 Å². The number of nitrogens with zero attached hydrogens (tertiary/aromatic N) is 1. The molecule has 0 spiro atoms. The van der Waals surface area contributed by atoms with Crippen molar-refractivity contribution in [2.24, 2.45) is 0 Å². The van der Waals surface area contributed by atoms with Gasteiger partial charge in [0, 0.05) is 24.2 Å². The van der Waals surface area contributed by atoms with E-state index in [1.807, 2.05) is 67.6 Å². The quantitative estimate of drug-likeness (QED) is 0.490. The maximum Gasteiger partial charge on any atom is 0.231 e. The van der Waals surface area contributed by atoms with Crippen LogP contribution in [0.5, 0.6) is 17.2 Å². The summed E-state index contributed by atoms with van der Waals surface area (Å²) in [5, 5.41) is 0. The topological polar surface area (TPSA) is 48.0 Å². The zero-order valence-electron chi connectivity index (χ0n) is 18.7. The molecule has 166 valence electrons. The number of allylic oxidation sites excluding steroid dienone is 3. The molecule has 2 aliphatic heterocycles. The molecule has 3 aromatic carbocycles. The molecule has 0 amide bonds. The van der Waals surface area contributed by atoms with E-state index in [0.717, 1.165) is 34.7 Å². The molecule has 2 aliphatic rings. The molecule has 2 heterocycles. The van der Waals surface area contributed by atoms with E-state index in [1.54, 1.807) is 13.2 Å². The van der Waals surface area contributed by atoms with Crippen LogP contribution in [0, 0.1) is 6.92 Å². The Morgan fingerprint density at radius 2 is 1.85 bits per heavy atom. The molecule has 0 bridgehead atoms. The summed E-state index contributed by atoms with van der Waals surface area (Å²) in [5.41, 5.74) is 4.71. The highest BCUT2D eigenvalue weighted by Crippen LogP contribution is 2.43. The molecule has 0 fully saturated rings. The molecular weight excluding hydrogens is 414 g/mol. The van der Waals surface area contributed by atoms with Gasteiger partial charge in [-0.05, 0) is 42.3 Å². The zero-order valence-corrected chi connectivity index (χ0v) is 18.7. The van der Waals surface area contributed by atoms with Gasteiger partial charge in [-0.3, -0.25) is 9.69 Å². The minimum absolute atomic E-state index is 0.0964. The van der Waals surface area contributed by atoms with E-state index >= 15 is 0 Å². The summed E-state index contributed by atoms with van der Waals surface area (Å²) in [4.78, 5) is 15.2. The van der Waals surface area contributed by atoms with Gasteiger partial charge in [-0.25, -0.2) is 0 Å². The van der Waals surface area contributed by atoms with Crippen LogP contribution in [0.4, 0.5) is 0 Å². The Labute approximate surface area is 193 Å². The monoisotopic (exact) mass is 439 g/mol. The number of methoxy groups -OCH3 is 1. The van der Waals surface area contributed by atoms with Crippen LogP contribution >= 0.6 is 0 Å². The summed E-state index contributed by atoms with van der Waals surface area (Å²) >= 11 is 0. The van der Waals surface area contributed by atoms with Crippen molar-refractivity contribution < 1.29 is 19.0 Å². The summed E-state index contributed by atoms with van der Waals surface area (Å²) in [6, 6.07) is 19.9. The lowest BCUT2D eigenvalue weighted by atomic mass is 10.00. The number of hydrogen-bond acceptors (Lipinski definition) is 5. The number of fused-ring (bicyclic) bond motifs is 2. The number of ketones is 1. The summed E-state index contributed by atoms with van der Waals surface area (Å²) in [7, 11) is 1.66. The van der Waals surface area contributed by atoms with Crippen molar-refractivity contribution in [2.45, 2.75) is 20.0 Å². The van der Waals surface area contributed by atoms with Crippen molar-refractivity contribution in [3.05, 3.63) is 106 Å². The molecule has 33 heavy (non-hydrogen) atoms. The first-order valence-electron chi connectivity index (χ1n) is 10.9. The standard InChI is InChI=1S/C28H25NO4/c1-19-27-22(17-29(18-32-27)16-21-11-13-23(31-2)14-12-21)15-24-26(30)25(33-28(19)24)10-6-9-20-7-4-3-5-8-20/h3-15H,16-18H2,1-2H3/b9-6+,25-10-. The number of Topliss-reactive ketones (excluding diaryl/α,β-unsaturated/α-hetero) is 1. The second-order valence-electron chi connectivity index (χ2n) is 8.21. The lowest BCUT2D eigenvalue weighted by Gasteiger charge is -2.30. The van der Waals surface area contributed by atoms with Gasteiger partial charge in [0.25, 0.3) is 0 Å².